The zero-order valence-corrected chi connectivity index (χ0v) is 19.2. The van der Waals surface area contributed by atoms with Gasteiger partial charge < -0.3 is 9.64 Å². The molecule has 1 saturated carbocycles. The third-order valence-electron chi connectivity index (χ3n) is 7.62. The van der Waals surface area contributed by atoms with Gasteiger partial charge in [0.05, 0.1) is 17.6 Å². The third-order valence-corrected chi connectivity index (χ3v) is 7.62. The molecule has 1 aliphatic carbocycles. The molecule has 0 spiro atoms. The number of anilines is 1. The van der Waals surface area contributed by atoms with Gasteiger partial charge in [-0.15, -0.1) is 0 Å². The highest BCUT2D eigenvalue weighted by atomic mass is 19.2. The Hall–Kier alpha value is -2.94. The minimum absolute atomic E-state index is 0.178. The monoisotopic (exact) mass is 466 g/mol. The van der Waals surface area contributed by atoms with E-state index in [0.717, 1.165) is 49.2 Å². The fourth-order valence-corrected chi connectivity index (χ4v) is 6.01. The number of ether oxygens (including phenoxy) is 1. The molecule has 0 radical (unpaired) electrons. The lowest BCUT2D eigenvalue weighted by Crippen LogP contribution is -2.43. The van der Waals surface area contributed by atoms with Crippen LogP contribution in [-0.4, -0.2) is 44.7 Å². The van der Waals surface area contributed by atoms with E-state index < -0.39 is 17.7 Å². The SMILES string of the molecule is Cc1cc(N2C[C@H]3CC[C@@H](C2)C3Cc2nc3n(n2)CCCO[C@H]3c2cccc(F)c2F)cnn1. The van der Waals surface area contributed by atoms with Gasteiger partial charge in [-0.2, -0.15) is 15.3 Å². The maximum absolute atomic E-state index is 14.6. The highest BCUT2D eigenvalue weighted by molar-refractivity contribution is 5.45. The molecule has 34 heavy (non-hydrogen) atoms. The van der Waals surface area contributed by atoms with E-state index in [0.29, 0.717) is 36.7 Å². The first-order chi connectivity index (χ1) is 16.6. The maximum atomic E-state index is 14.6. The van der Waals surface area contributed by atoms with Crippen LogP contribution in [0.15, 0.2) is 30.5 Å². The number of aryl methyl sites for hydroxylation is 2. The minimum atomic E-state index is -0.878. The first-order valence-electron chi connectivity index (χ1n) is 12.1. The van der Waals surface area contributed by atoms with Crippen LogP contribution in [-0.2, 0) is 17.7 Å². The van der Waals surface area contributed by atoms with Gasteiger partial charge >= 0.3 is 0 Å². The van der Waals surface area contributed by atoms with Crippen molar-refractivity contribution >= 4 is 5.69 Å². The summed E-state index contributed by atoms with van der Waals surface area (Å²) < 4.78 is 36.3. The molecule has 2 aromatic heterocycles. The molecule has 3 aliphatic rings. The first-order valence-corrected chi connectivity index (χ1v) is 12.1. The van der Waals surface area contributed by atoms with Crippen LogP contribution in [0.1, 0.15) is 48.3 Å². The van der Waals surface area contributed by atoms with Gasteiger partial charge in [0.25, 0.3) is 0 Å². The number of aromatic nitrogens is 5. The van der Waals surface area contributed by atoms with Gasteiger partial charge in [-0.25, -0.2) is 18.4 Å². The van der Waals surface area contributed by atoms with Crippen molar-refractivity contribution in [3.05, 3.63) is 65.0 Å². The fourth-order valence-electron chi connectivity index (χ4n) is 6.01. The van der Waals surface area contributed by atoms with E-state index in [1.807, 2.05) is 17.8 Å². The van der Waals surface area contributed by atoms with Gasteiger partial charge in [0.1, 0.15) is 6.10 Å². The minimum Gasteiger partial charge on any atom is -0.370 e. The number of nitrogens with zero attached hydrogens (tertiary/aromatic N) is 6. The Balaban J connectivity index is 1.23. The molecule has 178 valence electrons. The number of rotatable bonds is 4. The highest BCUT2D eigenvalue weighted by Crippen LogP contribution is 2.44. The van der Waals surface area contributed by atoms with Crippen LogP contribution in [0.3, 0.4) is 0 Å². The van der Waals surface area contributed by atoms with Crippen molar-refractivity contribution in [1.29, 1.82) is 0 Å². The molecule has 2 aliphatic heterocycles. The molecule has 2 bridgehead atoms. The second kappa shape index (κ2) is 8.69. The Morgan fingerprint density at radius 1 is 1.15 bits per heavy atom. The van der Waals surface area contributed by atoms with Crippen molar-refractivity contribution in [2.24, 2.45) is 17.8 Å². The number of hydrogen-bond acceptors (Lipinski definition) is 6. The molecule has 0 N–H and O–H groups in total. The van der Waals surface area contributed by atoms with Crippen molar-refractivity contribution in [2.75, 3.05) is 24.6 Å². The lowest BCUT2D eigenvalue weighted by Gasteiger charge is -2.39. The Bertz CT molecular complexity index is 1190. The summed E-state index contributed by atoms with van der Waals surface area (Å²) in [6.07, 6.45) is 5.07. The summed E-state index contributed by atoms with van der Waals surface area (Å²) in [6, 6.07) is 6.30. The van der Waals surface area contributed by atoms with Gasteiger partial charge in [-0.1, -0.05) is 12.1 Å². The predicted molar refractivity (Wildman–Crippen MR) is 121 cm³/mol. The van der Waals surface area contributed by atoms with E-state index in [4.69, 9.17) is 14.8 Å². The molecule has 1 aromatic carbocycles. The molecular weight excluding hydrogens is 438 g/mol. The second-order valence-corrected chi connectivity index (χ2v) is 9.78. The van der Waals surface area contributed by atoms with Gasteiger partial charge in [-0.3, -0.25) is 0 Å². The van der Waals surface area contributed by atoms with E-state index >= 15 is 0 Å². The summed E-state index contributed by atoms with van der Waals surface area (Å²) in [5.41, 5.74) is 2.26. The Labute approximate surface area is 197 Å². The van der Waals surface area contributed by atoms with Crippen LogP contribution in [0.5, 0.6) is 0 Å². The van der Waals surface area contributed by atoms with Gasteiger partial charge in [0.15, 0.2) is 23.3 Å². The number of piperidine rings is 1. The molecule has 3 aromatic rings. The molecule has 9 heteroatoms. The summed E-state index contributed by atoms with van der Waals surface area (Å²) in [6.45, 7) is 5.08. The van der Waals surface area contributed by atoms with E-state index in [2.05, 4.69) is 21.2 Å². The molecule has 6 rings (SSSR count). The lowest BCUT2D eigenvalue weighted by atomic mass is 9.82. The normalized spacial score (nSPS) is 26.4. The second-order valence-electron chi connectivity index (χ2n) is 9.78. The van der Waals surface area contributed by atoms with Crippen molar-refractivity contribution in [2.45, 2.75) is 45.3 Å². The predicted octanol–water partition coefficient (Wildman–Crippen LogP) is 3.87. The van der Waals surface area contributed by atoms with Crippen LogP contribution < -0.4 is 4.90 Å². The van der Waals surface area contributed by atoms with Crippen molar-refractivity contribution in [1.82, 2.24) is 25.0 Å². The molecular formula is C25H28F2N6O. The third kappa shape index (κ3) is 3.85. The summed E-state index contributed by atoms with van der Waals surface area (Å²) >= 11 is 0. The number of halogens is 2. The van der Waals surface area contributed by atoms with Crippen LogP contribution in [0.2, 0.25) is 0 Å². The molecule has 4 atom stereocenters. The largest absolute Gasteiger partial charge is 0.370 e. The van der Waals surface area contributed by atoms with Gasteiger partial charge in [-0.05, 0) is 56.1 Å². The lowest BCUT2D eigenvalue weighted by molar-refractivity contribution is 0.0781. The topological polar surface area (TPSA) is 69.0 Å². The fraction of sp³-hybridized carbons (Fsp3) is 0.520. The van der Waals surface area contributed by atoms with E-state index in [9.17, 15) is 8.78 Å². The molecule has 1 unspecified atom stereocenters. The van der Waals surface area contributed by atoms with Crippen molar-refractivity contribution in [3.8, 4) is 0 Å². The molecule has 2 fully saturated rings. The highest BCUT2D eigenvalue weighted by Gasteiger charge is 2.43. The zero-order chi connectivity index (χ0) is 23.2. The smallest absolute Gasteiger partial charge is 0.165 e. The molecule has 0 amide bonds. The van der Waals surface area contributed by atoms with Crippen LogP contribution in [0.25, 0.3) is 0 Å². The summed E-state index contributed by atoms with van der Waals surface area (Å²) in [5, 5.41) is 13.0. The Kier molecular flexibility index (Phi) is 5.51. The van der Waals surface area contributed by atoms with E-state index in [-0.39, 0.29) is 5.56 Å². The first kappa shape index (κ1) is 21.6. The average molecular weight is 467 g/mol. The summed E-state index contributed by atoms with van der Waals surface area (Å²) in [4.78, 5) is 7.26. The maximum Gasteiger partial charge on any atom is 0.165 e. The molecule has 7 nitrogen and oxygen atoms in total. The molecule has 1 saturated heterocycles. The van der Waals surface area contributed by atoms with E-state index in [1.165, 1.54) is 18.9 Å². The Morgan fingerprint density at radius 3 is 2.76 bits per heavy atom. The summed E-state index contributed by atoms with van der Waals surface area (Å²) in [7, 11) is 0. The standard InChI is InChI=1S/C25H28F2N6O/c1-15-10-18(12-28-30-15)32-13-16-6-7-17(14-32)20(16)11-22-29-25-24(34-9-3-8-33(25)31-22)19-4-2-5-21(26)23(19)27/h2,4-5,10,12,16-17,20,24H,3,6-9,11,13-14H2,1H3/t16-,17+,20?,24-/m0/s1. The van der Waals surface area contributed by atoms with Crippen LogP contribution in [0.4, 0.5) is 14.5 Å². The molecule has 4 heterocycles. The van der Waals surface area contributed by atoms with E-state index in [1.54, 1.807) is 6.07 Å². The number of hydrogen-bond donors (Lipinski definition) is 0. The Morgan fingerprint density at radius 2 is 1.97 bits per heavy atom. The van der Waals surface area contributed by atoms with Crippen LogP contribution >= 0.6 is 0 Å². The van der Waals surface area contributed by atoms with Crippen molar-refractivity contribution in [3.63, 3.8) is 0 Å². The number of fused-ring (bicyclic) bond motifs is 3. The van der Waals surface area contributed by atoms with Crippen molar-refractivity contribution < 1.29 is 13.5 Å². The quantitative estimate of drug-likeness (QED) is 0.582. The van der Waals surface area contributed by atoms with Crippen LogP contribution in [0, 0.1) is 36.3 Å². The van der Waals surface area contributed by atoms with Gasteiger partial charge in [0.2, 0.25) is 0 Å². The van der Waals surface area contributed by atoms with Gasteiger partial charge in [0, 0.05) is 38.2 Å². The number of benzene rings is 1. The average Bonchev–Trinajstić information content (AvgIpc) is 3.23. The zero-order valence-electron chi connectivity index (χ0n) is 19.2. The summed E-state index contributed by atoms with van der Waals surface area (Å²) in [5.74, 6) is 1.26.